The first-order chi connectivity index (χ1) is 11.4. The summed E-state index contributed by atoms with van der Waals surface area (Å²) in [5.74, 6) is -0.149. The number of rotatable bonds is 4. The second-order valence-electron chi connectivity index (χ2n) is 5.19. The van der Waals surface area contributed by atoms with Crippen molar-refractivity contribution < 1.29 is 13.2 Å². The van der Waals surface area contributed by atoms with Crippen LogP contribution in [0.4, 0.5) is 5.69 Å². The lowest BCUT2D eigenvalue weighted by Crippen LogP contribution is -2.14. The molecule has 1 N–H and O–H groups in total. The number of anilines is 1. The van der Waals surface area contributed by atoms with E-state index in [-0.39, 0.29) is 21.4 Å². The fraction of sp³-hybridized carbons (Fsp3) is 0.0588. The normalized spacial score (nSPS) is 11.4. The molecule has 0 unspecified atom stereocenters. The van der Waals surface area contributed by atoms with Crippen molar-refractivity contribution in [2.45, 2.75) is 11.8 Å². The van der Waals surface area contributed by atoms with Gasteiger partial charge in [-0.15, -0.1) is 0 Å². The minimum Gasteiger partial charge on any atom is -0.295 e. The number of Topliss-reactive ketones (excluding diaryl/α,β-unsaturated/α-hetero) is 1. The van der Waals surface area contributed by atoms with Crippen LogP contribution in [-0.2, 0) is 10.0 Å². The number of aromatic nitrogens is 1. The minimum atomic E-state index is -3.88. The molecule has 0 atom stereocenters. The van der Waals surface area contributed by atoms with Gasteiger partial charge in [0.1, 0.15) is 4.90 Å². The molecule has 0 amide bonds. The third-order valence-electron chi connectivity index (χ3n) is 3.51. The fourth-order valence-electron chi connectivity index (χ4n) is 2.31. The number of ketones is 1. The Bertz CT molecular complexity index is 1040. The van der Waals surface area contributed by atoms with Gasteiger partial charge in [0, 0.05) is 17.1 Å². The van der Waals surface area contributed by atoms with E-state index in [0.717, 1.165) is 5.39 Å². The van der Waals surface area contributed by atoms with Crippen LogP contribution in [0.15, 0.2) is 59.6 Å². The van der Waals surface area contributed by atoms with Crippen LogP contribution in [0, 0.1) is 0 Å². The Kier molecular flexibility index (Phi) is 4.26. The van der Waals surface area contributed by atoms with E-state index in [1.165, 1.54) is 37.4 Å². The molecule has 122 valence electrons. The summed E-state index contributed by atoms with van der Waals surface area (Å²) in [6.45, 7) is 1.41. The number of sulfonamides is 1. The van der Waals surface area contributed by atoms with Gasteiger partial charge in [0.15, 0.2) is 5.78 Å². The van der Waals surface area contributed by atoms with Crippen LogP contribution in [-0.4, -0.2) is 19.2 Å². The van der Waals surface area contributed by atoms with E-state index in [1.807, 2.05) is 0 Å². The maximum Gasteiger partial charge on any atom is 0.264 e. The van der Waals surface area contributed by atoms with E-state index in [0.29, 0.717) is 11.1 Å². The highest BCUT2D eigenvalue weighted by atomic mass is 35.5. The highest BCUT2D eigenvalue weighted by Gasteiger charge is 2.19. The van der Waals surface area contributed by atoms with Gasteiger partial charge in [0.05, 0.1) is 16.2 Å². The summed E-state index contributed by atoms with van der Waals surface area (Å²) in [4.78, 5) is 15.6. The second-order valence-corrected chi connectivity index (χ2v) is 7.25. The number of carbonyl (C=O) groups excluding carboxylic acids is 1. The summed E-state index contributed by atoms with van der Waals surface area (Å²) in [6.07, 6.45) is 1.54. The van der Waals surface area contributed by atoms with E-state index >= 15 is 0 Å². The predicted octanol–water partition coefficient (Wildman–Crippen LogP) is 3.89. The van der Waals surface area contributed by atoms with Gasteiger partial charge in [-0.2, -0.15) is 0 Å². The summed E-state index contributed by atoms with van der Waals surface area (Å²) in [6, 6.07) is 12.9. The Morgan fingerprint density at radius 1 is 1.12 bits per heavy atom. The molecule has 0 radical (unpaired) electrons. The molecule has 0 bridgehead atoms. The summed E-state index contributed by atoms with van der Waals surface area (Å²) in [5.41, 5.74) is 0.994. The number of fused-ring (bicyclic) bond motifs is 1. The van der Waals surface area contributed by atoms with Crippen LogP contribution in [0.3, 0.4) is 0 Å². The lowest BCUT2D eigenvalue weighted by molar-refractivity contribution is 0.101. The van der Waals surface area contributed by atoms with E-state index < -0.39 is 10.0 Å². The van der Waals surface area contributed by atoms with Crippen molar-refractivity contribution in [2.75, 3.05) is 4.72 Å². The first-order valence-corrected chi connectivity index (χ1v) is 8.92. The fourth-order valence-corrected chi connectivity index (χ4v) is 3.85. The first kappa shape index (κ1) is 16.4. The quantitative estimate of drug-likeness (QED) is 0.716. The largest absolute Gasteiger partial charge is 0.295 e. The molecule has 24 heavy (non-hydrogen) atoms. The second kappa shape index (κ2) is 6.22. The third kappa shape index (κ3) is 3.11. The zero-order chi connectivity index (χ0) is 17.3. The molecular weight excluding hydrogens is 348 g/mol. The monoisotopic (exact) mass is 360 g/mol. The predicted molar refractivity (Wildman–Crippen MR) is 94.0 cm³/mol. The molecule has 2 aromatic carbocycles. The van der Waals surface area contributed by atoms with Crippen molar-refractivity contribution in [1.29, 1.82) is 0 Å². The van der Waals surface area contributed by atoms with Crippen LogP contribution < -0.4 is 4.72 Å². The molecule has 0 saturated carbocycles. The van der Waals surface area contributed by atoms with E-state index in [2.05, 4.69) is 9.71 Å². The molecule has 0 spiro atoms. The molecule has 1 heterocycles. The molecule has 5 nitrogen and oxygen atoms in total. The van der Waals surface area contributed by atoms with Gasteiger partial charge in [-0.1, -0.05) is 29.8 Å². The average Bonchev–Trinajstić information content (AvgIpc) is 2.56. The van der Waals surface area contributed by atoms with Gasteiger partial charge in [-0.05, 0) is 37.3 Å². The molecule has 0 saturated heterocycles. The highest BCUT2D eigenvalue weighted by molar-refractivity contribution is 7.93. The van der Waals surface area contributed by atoms with Crippen LogP contribution >= 0.6 is 11.6 Å². The zero-order valence-corrected chi connectivity index (χ0v) is 14.2. The van der Waals surface area contributed by atoms with Gasteiger partial charge in [-0.3, -0.25) is 14.5 Å². The number of benzene rings is 2. The lowest BCUT2D eigenvalue weighted by atomic mass is 10.1. The van der Waals surface area contributed by atoms with Gasteiger partial charge in [-0.25, -0.2) is 8.42 Å². The first-order valence-electron chi connectivity index (χ1n) is 7.05. The SMILES string of the molecule is CC(=O)c1ccc(NS(=O)(=O)c2cccc3cccnc23)c(Cl)c1. The van der Waals surface area contributed by atoms with Crippen molar-refractivity contribution in [3.05, 3.63) is 65.3 Å². The topological polar surface area (TPSA) is 76.1 Å². The Balaban J connectivity index is 2.04. The Morgan fingerprint density at radius 3 is 2.58 bits per heavy atom. The van der Waals surface area contributed by atoms with Gasteiger partial charge in [0.25, 0.3) is 10.0 Å². The lowest BCUT2D eigenvalue weighted by Gasteiger charge is -2.11. The van der Waals surface area contributed by atoms with E-state index in [9.17, 15) is 13.2 Å². The number of hydrogen-bond donors (Lipinski definition) is 1. The van der Waals surface area contributed by atoms with Crippen molar-refractivity contribution in [1.82, 2.24) is 4.98 Å². The Labute approximate surface area is 144 Å². The van der Waals surface area contributed by atoms with Crippen molar-refractivity contribution in [3.63, 3.8) is 0 Å². The number of nitrogens with one attached hydrogen (secondary N) is 1. The molecular formula is C17H13ClN2O3S. The molecule has 0 aliphatic carbocycles. The molecule has 0 fully saturated rings. The molecule has 7 heteroatoms. The summed E-state index contributed by atoms with van der Waals surface area (Å²) in [7, 11) is -3.88. The maximum atomic E-state index is 12.7. The number of halogens is 1. The average molecular weight is 361 g/mol. The number of carbonyl (C=O) groups is 1. The molecule has 1 aromatic heterocycles. The van der Waals surface area contributed by atoms with Crippen LogP contribution in [0.5, 0.6) is 0 Å². The minimum absolute atomic E-state index is 0.0623. The third-order valence-corrected chi connectivity index (χ3v) is 5.21. The summed E-state index contributed by atoms with van der Waals surface area (Å²) < 4.78 is 27.9. The molecule has 3 rings (SSSR count). The van der Waals surface area contributed by atoms with Crippen molar-refractivity contribution in [3.8, 4) is 0 Å². The van der Waals surface area contributed by atoms with E-state index in [4.69, 9.17) is 11.6 Å². The standard InChI is InChI=1S/C17H13ClN2O3S/c1-11(21)13-7-8-15(14(18)10-13)20-24(22,23)16-6-2-4-12-5-3-9-19-17(12)16/h2-10,20H,1H3. The maximum absolute atomic E-state index is 12.7. The van der Waals surface area contributed by atoms with Crippen LogP contribution in [0.1, 0.15) is 17.3 Å². The summed E-state index contributed by atoms with van der Waals surface area (Å²) in [5, 5.41) is 0.873. The van der Waals surface area contributed by atoms with Crippen molar-refractivity contribution >= 4 is 44.0 Å². The number of hydrogen-bond acceptors (Lipinski definition) is 4. The summed E-state index contributed by atoms with van der Waals surface area (Å²) >= 11 is 6.09. The number of nitrogens with zero attached hydrogens (tertiary/aromatic N) is 1. The highest BCUT2D eigenvalue weighted by Crippen LogP contribution is 2.28. The molecule has 3 aromatic rings. The van der Waals surface area contributed by atoms with Crippen LogP contribution in [0.2, 0.25) is 5.02 Å². The molecule has 0 aliphatic rings. The van der Waals surface area contributed by atoms with Crippen molar-refractivity contribution in [2.24, 2.45) is 0 Å². The van der Waals surface area contributed by atoms with E-state index in [1.54, 1.807) is 24.3 Å². The smallest absolute Gasteiger partial charge is 0.264 e. The number of para-hydroxylation sites is 1. The molecule has 0 aliphatic heterocycles. The Morgan fingerprint density at radius 2 is 1.88 bits per heavy atom. The Hall–Kier alpha value is -2.44. The van der Waals surface area contributed by atoms with Crippen LogP contribution in [0.25, 0.3) is 10.9 Å². The van der Waals surface area contributed by atoms with Gasteiger partial charge in [0.2, 0.25) is 0 Å². The van der Waals surface area contributed by atoms with Gasteiger partial charge >= 0.3 is 0 Å². The number of pyridine rings is 1. The zero-order valence-electron chi connectivity index (χ0n) is 12.7. The van der Waals surface area contributed by atoms with Gasteiger partial charge < -0.3 is 0 Å².